The van der Waals surface area contributed by atoms with Crippen molar-refractivity contribution in [2.24, 2.45) is 5.92 Å². The summed E-state index contributed by atoms with van der Waals surface area (Å²) >= 11 is 0. The van der Waals surface area contributed by atoms with Crippen LogP contribution in [0.5, 0.6) is 0 Å². The number of amides is 3. The number of carbonyl (C=O) groups is 2. The lowest BCUT2D eigenvalue weighted by molar-refractivity contribution is -0.126. The van der Waals surface area contributed by atoms with Gasteiger partial charge in [-0.1, -0.05) is 19.4 Å². The van der Waals surface area contributed by atoms with Gasteiger partial charge in [-0.05, 0) is 37.8 Å². The van der Waals surface area contributed by atoms with Crippen molar-refractivity contribution < 1.29 is 9.59 Å². The molecule has 0 radical (unpaired) electrons. The van der Waals surface area contributed by atoms with Crippen LogP contribution in [0.2, 0.25) is 0 Å². The summed E-state index contributed by atoms with van der Waals surface area (Å²) < 4.78 is 0. The van der Waals surface area contributed by atoms with Gasteiger partial charge in [-0.2, -0.15) is 0 Å². The fourth-order valence-corrected chi connectivity index (χ4v) is 3.03. The molecule has 1 aliphatic rings. The second-order valence-corrected chi connectivity index (χ2v) is 6.50. The molecule has 2 atom stereocenters. The molecule has 3 amide bonds. The minimum absolute atomic E-state index is 0.0701. The molecule has 0 aromatic carbocycles. The maximum Gasteiger partial charge on any atom is 0.317 e. The van der Waals surface area contributed by atoms with Crippen molar-refractivity contribution in [2.75, 3.05) is 13.1 Å². The molecule has 2 rings (SSSR count). The number of rotatable bonds is 6. The van der Waals surface area contributed by atoms with Gasteiger partial charge in [-0.25, -0.2) is 4.79 Å². The normalized spacial score (nSPS) is 18.8. The Morgan fingerprint density at radius 3 is 3.00 bits per heavy atom. The van der Waals surface area contributed by atoms with Gasteiger partial charge < -0.3 is 15.5 Å². The van der Waals surface area contributed by atoms with E-state index >= 15 is 0 Å². The van der Waals surface area contributed by atoms with Crippen LogP contribution in [0.1, 0.15) is 45.1 Å². The molecule has 0 unspecified atom stereocenters. The second kappa shape index (κ2) is 9.25. The molecule has 0 bridgehead atoms. The Morgan fingerprint density at radius 2 is 2.29 bits per heavy atom. The molecule has 0 saturated carbocycles. The minimum Gasteiger partial charge on any atom is -0.353 e. The van der Waals surface area contributed by atoms with E-state index in [-0.39, 0.29) is 23.9 Å². The topological polar surface area (TPSA) is 74.3 Å². The van der Waals surface area contributed by atoms with Crippen molar-refractivity contribution in [1.29, 1.82) is 0 Å². The highest BCUT2D eigenvalue weighted by Crippen LogP contribution is 2.17. The Kier molecular flexibility index (Phi) is 7.03. The molecule has 1 aromatic heterocycles. The fourth-order valence-electron chi connectivity index (χ4n) is 3.03. The third-order valence-electron chi connectivity index (χ3n) is 4.36. The molecule has 6 heteroatoms. The van der Waals surface area contributed by atoms with Crippen LogP contribution in [-0.2, 0) is 11.3 Å². The smallest absolute Gasteiger partial charge is 0.317 e. The molecule has 1 saturated heterocycles. The zero-order valence-electron chi connectivity index (χ0n) is 14.6. The number of urea groups is 1. The maximum atomic E-state index is 12.4. The summed E-state index contributed by atoms with van der Waals surface area (Å²) in [6.45, 7) is 5.78. The van der Waals surface area contributed by atoms with E-state index in [0.717, 1.165) is 31.2 Å². The molecule has 0 aliphatic carbocycles. The first-order valence-electron chi connectivity index (χ1n) is 8.82. The molecule has 6 nitrogen and oxygen atoms in total. The highest BCUT2D eigenvalue weighted by atomic mass is 16.2. The van der Waals surface area contributed by atoms with E-state index in [1.807, 2.05) is 19.1 Å². The lowest BCUT2D eigenvalue weighted by Gasteiger charge is -2.32. The average molecular weight is 332 g/mol. The van der Waals surface area contributed by atoms with Gasteiger partial charge >= 0.3 is 6.03 Å². The highest BCUT2D eigenvalue weighted by Gasteiger charge is 2.28. The first kappa shape index (κ1) is 18.2. The van der Waals surface area contributed by atoms with Crippen molar-refractivity contribution in [3.05, 3.63) is 30.1 Å². The highest BCUT2D eigenvalue weighted by molar-refractivity contribution is 5.81. The SMILES string of the molecule is CCC[C@H](C)NC(=O)[C@H]1CCCN(C(=O)NCc2cccnc2)C1. The maximum absolute atomic E-state index is 12.4. The Morgan fingerprint density at radius 1 is 1.46 bits per heavy atom. The quantitative estimate of drug-likeness (QED) is 0.839. The predicted octanol–water partition coefficient (Wildman–Crippen LogP) is 2.31. The Hall–Kier alpha value is -2.11. The van der Waals surface area contributed by atoms with Gasteiger partial charge in [0.05, 0.1) is 5.92 Å². The third-order valence-corrected chi connectivity index (χ3v) is 4.36. The van der Waals surface area contributed by atoms with Gasteiger partial charge in [0.2, 0.25) is 5.91 Å². The largest absolute Gasteiger partial charge is 0.353 e. The van der Waals surface area contributed by atoms with Crippen LogP contribution in [0.15, 0.2) is 24.5 Å². The summed E-state index contributed by atoms with van der Waals surface area (Å²) in [6, 6.07) is 3.85. The Balaban J connectivity index is 1.81. The first-order valence-corrected chi connectivity index (χ1v) is 8.82. The first-order chi connectivity index (χ1) is 11.6. The van der Waals surface area contributed by atoms with Crippen LogP contribution < -0.4 is 10.6 Å². The number of nitrogens with one attached hydrogen (secondary N) is 2. The lowest BCUT2D eigenvalue weighted by atomic mass is 9.97. The van der Waals surface area contributed by atoms with Crippen LogP contribution in [0.4, 0.5) is 4.79 Å². The minimum atomic E-state index is -0.113. The molecular weight excluding hydrogens is 304 g/mol. The summed E-state index contributed by atoms with van der Waals surface area (Å²) in [6.07, 6.45) is 7.18. The van der Waals surface area contributed by atoms with Crippen LogP contribution >= 0.6 is 0 Å². The van der Waals surface area contributed by atoms with Crippen molar-refractivity contribution in [3.8, 4) is 0 Å². The van der Waals surface area contributed by atoms with Gasteiger partial charge in [0, 0.05) is 38.1 Å². The second-order valence-electron chi connectivity index (χ2n) is 6.50. The molecule has 2 heterocycles. The van der Waals surface area contributed by atoms with Crippen LogP contribution in [0.25, 0.3) is 0 Å². The molecule has 24 heavy (non-hydrogen) atoms. The van der Waals surface area contributed by atoms with Gasteiger partial charge in [-0.15, -0.1) is 0 Å². The predicted molar refractivity (Wildman–Crippen MR) is 93.3 cm³/mol. The molecule has 132 valence electrons. The van der Waals surface area contributed by atoms with Gasteiger partial charge in [0.25, 0.3) is 0 Å². The summed E-state index contributed by atoms with van der Waals surface area (Å²) in [5.74, 6) is -0.0390. The molecule has 1 fully saturated rings. The van der Waals surface area contributed by atoms with E-state index in [9.17, 15) is 9.59 Å². The molecule has 0 spiro atoms. The fraction of sp³-hybridized carbons (Fsp3) is 0.611. The van der Waals surface area contributed by atoms with E-state index in [0.29, 0.717) is 19.6 Å². The summed E-state index contributed by atoms with van der Waals surface area (Å²) in [7, 11) is 0. The third kappa shape index (κ3) is 5.51. The van der Waals surface area contributed by atoms with Crippen molar-refractivity contribution >= 4 is 11.9 Å². The lowest BCUT2D eigenvalue weighted by Crippen LogP contribution is -2.49. The number of pyridine rings is 1. The number of carbonyl (C=O) groups excluding carboxylic acids is 2. The van der Waals surface area contributed by atoms with E-state index in [1.165, 1.54) is 0 Å². The van der Waals surface area contributed by atoms with E-state index in [1.54, 1.807) is 17.3 Å². The number of hydrogen-bond acceptors (Lipinski definition) is 3. The van der Waals surface area contributed by atoms with Gasteiger partial charge in [-0.3, -0.25) is 9.78 Å². The number of hydrogen-bond donors (Lipinski definition) is 2. The van der Waals surface area contributed by atoms with Crippen LogP contribution in [0, 0.1) is 5.92 Å². The zero-order valence-corrected chi connectivity index (χ0v) is 14.6. The monoisotopic (exact) mass is 332 g/mol. The number of nitrogens with zero attached hydrogens (tertiary/aromatic N) is 2. The zero-order chi connectivity index (χ0) is 17.4. The summed E-state index contributed by atoms with van der Waals surface area (Å²) in [4.78, 5) is 30.5. The van der Waals surface area contributed by atoms with Crippen molar-refractivity contribution in [3.63, 3.8) is 0 Å². The number of likely N-dealkylation sites (tertiary alicyclic amines) is 1. The van der Waals surface area contributed by atoms with E-state index in [2.05, 4.69) is 22.5 Å². The molecule has 1 aromatic rings. The number of aromatic nitrogens is 1. The van der Waals surface area contributed by atoms with E-state index in [4.69, 9.17) is 0 Å². The summed E-state index contributed by atoms with van der Waals surface area (Å²) in [5.41, 5.74) is 0.963. The summed E-state index contributed by atoms with van der Waals surface area (Å²) in [5, 5.41) is 5.97. The Labute approximate surface area is 144 Å². The van der Waals surface area contributed by atoms with Crippen LogP contribution in [-0.4, -0.2) is 41.0 Å². The van der Waals surface area contributed by atoms with Crippen LogP contribution in [0.3, 0.4) is 0 Å². The standard InChI is InChI=1S/C18H28N4O2/c1-3-6-14(2)21-17(23)16-8-5-10-22(13-16)18(24)20-12-15-7-4-9-19-11-15/h4,7,9,11,14,16H,3,5-6,8,10,12-13H2,1-2H3,(H,20,24)(H,21,23)/t14-,16-/m0/s1. The van der Waals surface area contributed by atoms with Crippen molar-refractivity contribution in [2.45, 2.75) is 52.1 Å². The number of piperidine rings is 1. The molecule has 2 N–H and O–H groups in total. The van der Waals surface area contributed by atoms with Crippen molar-refractivity contribution in [1.82, 2.24) is 20.5 Å². The Bertz CT molecular complexity index is 535. The van der Waals surface area contributed by atoms with Gasteiger partial charge in [0.15, 0.2) is 0 Å². The van der Waals surface area contributed by atoms with Gasteiger partial charge in [0.1, 0.15) is 0 Å². The average Bonchev–Trinajstić information content (AvgIpc) is 2.61. The van der Waals surface area contributed by atoms with E-state index < -0.39 is 0 Å². The molecular formula is C18H28N4O2. The molecule has 1 aliphatic heterocycles.